The summed E-state index contributed by atoms with van der Waals surface area (Å²) in [7, 11) is 0. The zero-order valence-electron chi connectivity index (χ0n) is 16.8. The Labute approximate surface area is 161 Å². The van der Waals surface area contributed by atoms with Gasteiger partial charge in [0, 0.05) is 12.1 Å². The number of carbonyl (C=O) groups excluding carboxylic acids is 2. The molecule has 0 unspecified atom stereocenters. The van der Waals surface area contributed by atoms with Crippen LogP contribution in [0, 0.1) is 0 Å². The van der Waals surface area contributed by atoms with Crippen LogP contribution in [-0.4, -0.2) is 18.0 Å². The Hall–Kier alpha value is -2.62. The van der Waals surface area contributed by atoms with Crippen LogP contribution in [0.15, 0.2) is 48.5 Å². The van der Waals surface area contributed by atoms with E-state index >= 15 is 0 Å². The summed E-state index contributed by atoms with van der Waals surface area (Å²) in [6, 6.07) is 15.2. The number of carbonyl (C=O) groups is 2. The Bertz CT molecular complexity index is 769. The van der Waals surface area contributed by atoms with Gasteiger partial charge >= 0.3 is 5.97 Å². The molecule has 2 aromatic carbocycles. The Kier molecular flexibility index (Phi) is 6.78. The maximum atomic E-state index is 12.2. The summed E-state index contributed by atoms with van der Waals surface area (Å²) in [5, 5.41) is 2.86. The molecule has 0 bridgehead atoms. The van der Waals surface area contributed by atoms with Crippen LogP contribution in [0.2, 0.25) is 0 Å². The highest BCUT2D eigenvalue weighted by Gasteiger charge is 2.13. The number of ether oxygens (including phenoxy) is 1. The number of aryl methyl sites for hydroxylation is 1. The van der Waals surface area contributed by atoms with E-state index in [2.05, 4.69) is 50.4 Å². The lowest BCUT2D eigenvalue weighted by molar-refractivity contribution is -0.116. The van der Waals surface area contributed by atoms with Gasteiger partial charge in [-0.2, -0.15) is 0 Å². The van der Waals surface area contributed by atoms with Gasteiger partial charge in [0.2, 0.25) is 5.91 Å². The first-order valence-corrected chi connectivity index (χ1v) is 9.35. The van der Waals surface area contributed by atoms with Gasteiger partial charge < -0.3 is 10.1 Å². The fourth-order valence-corrected chi connectivity index (χ4v) is 2.62. The minimum Gasteiger partial charge on any atom is -0.459 e. The molecule has 0 fully saturated rings. The minimum absolute atomic E-state index is 0.0487. The Morgan fingerprint density at radius 3 is 2.07 bits per heavy atom. The van der Waals surface area contributed by atoms with E-state index in [-0.39, 0.29) is 23.4 Å². The molecule has 0 heterocycles. The molecule has 0 saturated carbocycles. The van der Waals surface area contributed by atoms with Crippen molar-refractivity contribution in [3.63, 3.8) is 0 Å². The molecule has 0 spiro atoms. The second kappa shape index (κ2) is 8.85. The lowest BCUT2D eigenvalue weighted by atomic mass is 9.86. The first-order chi connectivity index (χ1) is 12.6. The van der Waals surface area contributed by atoms with E-state index in [0.717, 1.165) is 5.56 Å². The normalized spacial score (nSPS) is 11.3. The molecule has 0 aliphatic heterocycles. The number of nitrogens with one attached hydrogen (secondary N) is 1. The van der Waals surface area contributed by atoms with Crippen molar-refractivity contribution in [1.82, 2.24) is 0 Å². The van der Waals surface area contributed by atoms with E-state index in [1.54, 1.807) is 24.3 Å². The van der Waals surface area contributed by atoms with Gasteiger partial charge in [0.25, 0.3) is 0 Å². The van der Waals surface area contributed by atoms with E-state index in [0.29, 0.717) is 24.1 Å². The van der Waals surface area contributed by atoms with Crippen molar-refractivity contribution in [2.24, 2.45) is 0 Å². The molecule has 27 heavy (non-hydrogen) atoms. The van der Waals surface area contributed by atoms with Crippen LogP contribution >= 0.6 is 0 Å². The lowest BCUT2D eigenvalue weighted by Gasteiger charge is -2.19. The second-order valence-electron chi connectivity index (χ2n) is 8.03. The number of benzene rings is 2. The van der Waals surface area contributed by atoms with Crippen molar-refractivity contribution in [3.8, 4) is 0 Å². The average molecular weight is 367 g/mol. The molecule has 0 aliphatic carbocycles. The number of anilines is 1. The largest absolute Gasteiger partial charge is 0.459 e. The first-order valence-electron chi connectivity index (χ1n) is 9.35. The first kappa shape index (κ1) is 20.7. The highest BCUT2D eigenvalue weighted by molar-refractivity contribution is 5.93. The monoisotopic (exact) mass is 367 g/mol. The molecule has 2 aromatic rings. The topological polar surface area (TPSA) is 55.4 Å². The number of hydrogen-bond donors (Lipinski definition) is 1. The third-order valence-corrected chi connectivity index (χ3v) is 4.21. The molecule has 4 heteroatoms. The van der Waals surface area contributed by atoms with Crippen LogP contribution in [0.5, 0.6) is 0 Å². The third-order valence-electron chi connectivity index (χ3n) is 4.21. The van der Waals surface area contributed by atoms with E-state index in [1.165, 1.54) is 5.56 Å². The highest BCUT2D eigenvalue weighted by Crippen LogP contribution is 2.22. The molecule has 1 amide bonds. The highest BCUT2D eigenvalue weighted by atomic mass is 16.5. The molecule has 0 aliphatic rings. The van der Waals surface area contributed by atoms with Crippen molar-refractivity contribution < 1.29 is 14.3 Å². The Morgan fingerprint density at radius 2 is 1.56 bits per heavy atom. The van der Waals surface area contributed by atoms with Crippen molar-refractivity contribution in [2.45, 2.75) is 59.0 Å². The summed E-state index contributed by atoms with van der Waals surface area (Å²) in [6.45, 7) is 10.2. The van der Waals surface area contributed by atoms with Crippen molar-refractivity contribution in [1.29, 1.82) is 0 Å². The molecule has 0 radical (unpaired) electrons. The molecule has 1 N–H and O–H groups in total. The lowest BCUT2D eigenvalue weighted by Crippen LogP contribution is -2.14. The van der Waals surface area contributed by atoms with Crippen LogP contribution < -0.4 is 5.32 Å². The predicted octanol–water partition coefficient (Wildman–Crippen LogP) is 5.12. The van der Waals surface area contributed by atoms with Crippen LogP contribution in [0.4, 0.5) is 5.69 Å². The van der Waals surface area contributed by atoms with Gasteiger partial charge in [0.15, 0.2) is 0 Å². The second-order valence-corrected chi connectivity index (χ2v) is 8.03. The van der Waals surface area contributed by atoms with Crippen LogP contribution in [0.1, 0.15) is 62.5 Å². The predicted molar refractivity (Wildman–Crippen MR) is 109 cm³/mol. The smallest absolute Gasteiger partial charge is 0.338 e. The fourth-order valence-electron chi connectivity index (χ4n) is 2.62. The number of hydrogen-bond acceptors (Lipinski definition) is 3. The van der Waals surface area contributed by atoms with Crippen molar-refractivity contribution >= 4 is 17.6 Å². The Morgan fingerprint density at radius 1 is 0.963 bits per heavy atom. The summed E-state index contributed by atoms with van der Waals surface area (Å²) in [4.78, 5) is 24.0. The molecule has 0 atom stereocenters. The number of esters is 1. The van der Waals surface area contributed by atoms with E-state index in [1.807, 2.05) is 13.8 Å². The van der Waals surface area contributed by atoms with E-state index < -0.39 is 0 Å². The quantitative estimate of drug-likeness (QED) is 0.721. The van der Waals surface area contributed by atoms with Gasteiger partial charge in [0.1, 0.15) is 0 Å². The standard InChI is InChI=1S/C23H29NO3/c1-16(2)27-22(26)18-9-13-20(14-10-18)24-21(25)15-8-17-6-11-19(12-7-17)23(3,4)5/h6-7,9-14,16H,8,15H2,1-5H3,(H,24,25). The Balaban J connectivity index is 1.86. The van der Waals surface area contributed by atoms with Gasteiger partial charge in [-0.05, 0) is 61.1 Å². The molecular formula is C23H29NO3. The summed E-state index contributed by atoms with van der Waals surface area (Å²) in [5.74, 6) is -0.408. The summed E-state index contributed by atoms with van der Waals surface area (Å²) in [5.41, 5.74) is 3.70. The molecule has 0 saturated heterocycles. The molecular weight excluding hydrogens is 338 g/mol. The van der Waals surface area contributed by atoms with Gasteiger partial charge in [-0.25, -0.2) is 4.79 Å². The summed E-state index contributed by atoms with van der Waals surface area (Å²) >= 11 is 0. The zero-order chi connectivity index (χ0) is 20.0. The fraction of sp³-hybridized carbons (Fsp3) is 0.391. The maximum absolute atomic E-state index is 12.2. The third kappa shape index (κ3) is 6.55. The summed E-state index contributed by atoms with van der Waals surface area (Å²) < 4.78 is 5.15. The van der Waals surface area contributed by atoms with E-state index in [9.17, 15) is 9.59 Å². The van der Waals surface area contributed by atoms with Crippen molar-refractivity contribution in [2.75, 3.05) is 5.32 Å². The van der Waals surface area contributed by atoms with Gasteiger partial charge in [0.05, 0.1) is 11.7 Å². The van der Waals surface area contributed by atoms with Gasteiger partial charge in [-0.1, -0.05) is 45.0 Å². The van der Waals surface area contributed by atoms with Gasteiger partial charge in [-0.3, -0.25) is 4.79 Å². The van der Waals surface area contributed by atoms with Crippen LogP contribution in [-0.2, 0) is 21.4 Å². The molecule has 144 valence electrons. The summed E-state index contributed by atoms with van der Waals surface area (Å²) in [6.07, 6.45) is 0.940. The van der Waals surface area contributed by atoms with Crippen LogP contribution in [0.3, 0.4) is 0 Å². The average Bonchev–Trinajstić information content (AvgIpc) is 2.59. The van der Waals surface area contributed by atoms with E-state index in [4.69, 9.17) is 4.74 Å². The van der Waals surface area contributed by atoms with Crippen LogP contribution in [0.25, 0.3) is 0 Å². The maximum Gasteiger partial charge on any atom is 0.338 e. The van der Waals surface area contributed by atoms with Gasteiger partial charge in [-0.15, -0.1) is 0 Å². The molecule has 2 rings (SSSR count). The number of rotatable bonds is 6. The molecule has 0 aromatic heterocycles. The minimum atomic E-state index is -0.360. The SMILES string of the molecule is CC(C)OC(=O)c1ccc(NC(=O)CCc2ccc(C(C)(C)C)cc2)cc1. The molecule has 4 nitrogen and oxygen atoms in total. The van der Waals surface area contributed by atoms with Crippen molar-refractivity contribution in [3.05, 3.63) is 65.2 Å². The number of amides is 1. The zero-order valence-corrected chi connectivity index (χ0v) is 16.8.